The largest absolute Gasteiger partial charge is 0.424 e. The fourth-order valence-corrected chi connectivity index (χ4v) is 6.78. The van der Waals surface area contributed by atoms with E-state index in [4.69, 9.17) is 31.1 Å². The molecule has 3 heterocycles. The van der Waals surface area contributed by atoms with Crippen LogP contribution >= 0.6 is 19.2 Å². The van der Waals surface area contributed by atoms with E-state index in [1.54, 1.807) is 45.0 Å². The first-order valence-electron chi connectivity index (χ1n) is 12.3. The quantitative estimate of drug-likeness (QED) is 0.232. The molecule has 214 valence electrons. The van der Waals surface area contributed by atoms with Crippen molar-refractivity contribution < 1.29 is 32.6 Å². The number of ketones is 1. The number of halogens is 2. The van der Waals surface area contributed by atoms with Crippen molar-refractivity contribution in [3.05, 3.63) is 58.5 Å². The summed E-state index contributed by atoms with van der Waals surface area (Å²) in [4.78, 5) is 27.1. The van der Waals surface area contributed by atoms with Gasteiger partial charge in [-0.15, -0.1) is 5.10 Å². The van der Waals surface area contributed by atoms with E-state index < -0.39 is 48.6 Å². The van der Waals surface area contributed by atoms with Crippen molar-refractivity contribution in [3.63, 3.8) is 0 Å². The number of alkyl halides is 2. The van der Waals surface area contributed by atoms with Crippen LogP contribution in [-0.2, 0) is 24.2 Å². The second kappa shape index (κ2) is 11.0. The third-order valence-electron chi connectivity index (χ3n) is 6.55. The molecule has 4 rings (SSSR count). The number of carbonyl (C=O) groups excluding carboxylic acids is 1. The van der Waals surface area contributed by atoms with Crippen LogP contribution in [0, 0.1) is 23.2 Å². The summed E-state index contributed by atoms with van der Waals surface area (Å²) in [5, 5.41) is 21.6. The lowest BCUT2D eigenvalue weighted by atomic mass is 9.93. The molecule has 2 unspecified atom stereocenters. The summed E-state index contributed by atoms with van der Waals surface area (Å²) in [6.45, 7) is 4.26. The summed E-state index contributed by atoms with van der Waals surface area (Å²) in [5.41, 5.74) is 1.85. The fraction of sp³-hybridized carbons (Fsp3) is 0.440. The molecule has 4 N–H and O–H groups in total. The number of H-pyrrole nitrogens is 1. The Balaban J connectivity index is 1.65. The Bertz CT molecular complexity index is 1560. The Morgan fingerprint density at radius 2 is 2.02 bits per heavy atom. The van der Waals surface area contributed by atoms with Gasteiger partial charge in [0.2, 0.25) is 11.5 Å². The highest BCUT2D eigenvalue weighted by atomic mass is 35.5. The summed E-state index contributed by atoms with van der Waals surface area (Å²) in [6.07, 6.45) is -4.11. The van der Waals surface area contributed by atoms with Gasteiger partial charge >= 0.3 is 7.60 Å². The number of carbonyl (C=O) groups is 1. The molecule has 0 aliphatic carbocycles. The van der Waals surface area contributed by atoms with Crippen LogP contribution in [-0.4, -0.2) is 55.6 Å². The lowest BCUT2D eigenvalue weighted by molar-refractivity contribution is -0.124. The molecule has 6 atom stereocenters. The Kier molecular flexibility index (Phi) is 8.13. The third kappa shape index (κ3) is 5.25. The number of nitrogens with zero attached hydrogens (tertiary/aromatic N) is 3. The van der Waals surface area contributed by atoms with Gasteiger partial charge in [0.15, 0.2) is 0 Å². The molecule has 1 aliphatic rings. The first-order valence-corrected chi connectivity index (χ1v) is 14.4. The zero-order valence-corrected chi connectivity index (χ0v) is 23.4. The van der Waals surface area contributed by atoms with Crippen LogP contribution in [0.2, 0.25) is 0 Å². The number of anilines is 1. The minimum atomic E-state index is -4.11. The van der Waals surface area contributed by atoms with Gasteiger partial charge in [-0.25, -0.2) is 13.5 Å². The number of aliphatic hydroxyl groups excluding tert-OH is 1. The van der Waals surface area contributed by atoms with Crippen molar-refractivity contribution in [2.45, 2.75) is 43.7 Å². The van der Waals surface area contributed by atoms with Crippen LogP contribution in [0.4, 0.5) is 10.3 Å². The summed E-state index contributed by atoms with van der Waals surface area (Å²) in [5.74, 6) is -1.38. The average Bonchev–Trinajstić information content (AvgIpc) is 3.40. The van der Waals surface area contributed by atoms with E-state index >= 15 is 4.39 Å². The molecule has 1 saturated heterocycles. The zero-order chi connectivity index (χ0) is 29.5. The normalized spacial score (nSPS) is 26.9. The van der Waals surface area contributed by atoms with E-state index in [0.717, 1.165) is 4.52 Å². The standard InChI is InChI=1S/C25H28ClFN5O7P/c1-14(2)20(33)15(3)12-40(36,39-16-7-5-4-6-8-16)37-11-18-21(34)25(26,27)24(13-28,38-18)19-10-9-17-22(35)30-23(29)31-32(17)19/h4-10,14-15,18,21,34H,11-12H2,1-3H3,(H3,29,30,31,35)/t15-,18-,21?,24+,25-,40?/m1/s1. The molecule has 15 heteroatoms. The number of hydrogen-bond donors (Lipinski definition) is 3. The number of aromatic amines is 1. The molecule has 0 saturated carbocycles. The number of nitrogens with one attached hydrogen (secondary N) is 1. The monoisotopic (exact) mass is 595 g/mol. The van der Waals surface area contributed by atoms with Crippen LogP contribution in [0.3, 0.4) is 0 Å². The Morgan fingerprint density at radius 1 is 1.35 bits per heavy atom. The molecule has 0 amide bonds. The van der Waals surface area contributed by atoms with E-state index in [0.29, 0.717) is 0 Å². The zero-order valence-electron chi connectivity index (χ0n) is 21.8. The van der Waals surface area contributed by atoms with Crippen molar-refractivity contribution in [3.8, 4) is 11.8 Å². The van der Waals surface area contributed by atoms with Crippen molar-refractivity contribution in [2.24, 2.45) is 11.8 Å². The molecule has 0 spiro atoms. The maximum absolute atomic E-state index is 16.0. The van der Waals surface area contributed by atoms with Crippen molar-refractivity contribution in [1.82, 2.24) is 14.6 Å². The van der Waals surface area contributed by atoms with Gasteiger partial charge in [-0.2, -0.15) is 5.26 Å². The molecule has 40 heavy (non-hydrogen) atoms. The van der Waals surface area contributed by atoms with E-state index in [-0.39, 0.29) is 40.8 Å². The first kappa shape index (κ1) is 29.7. The van der Waals surface area contributed by atoms with Gasteiger partial charge in [0.25, 0.3) is 10.7 Å². The van der Waals surface area contributed by atoms with Gasteiger partial charge in [0, 0.05) is 11.8 Å². The minimum absolute atomic E-state index is 0.0892. The van der Waals surface area contributed by atoms with E-state index in [9.17, 15) is 24.5 Å². The number of nitriles is 1. The maximum Gasteiger partial charge on any atom is 0.379 e. The highest BCUT2D eigenvalue weighted by Crippen LogP contribution is 2.55. The van der Waals surface area contributed by atoms with E-state index in [1.807, 2.05) is 0 Å². The van der Waals surface area contributed by atoms with Crippen LogP contribution in [0.5, 0.6) is 5.75 Å². The van der Waals surface area contributed by atoms with Gasteiger partial charge in [-0.1, -0.05) is 50.6 Å². The van der Waals surface area contributed by atoms with E-state index in [2.05, 4.69) is 10.1 Å². The lowest BCUT2D eigenvalue weighted by Crippen LogP contribution is -2.46. The lowest BCUT2D eigenvalue weighted by Gasteiger charge is -2.28. The Morgan fingerprint density at radius 3 is 2.65 bits per heavy atom. The molecule has 0 radical (unpaired) electrons. The van der Waals surface area contributed by atoms with Crippen LogP contribution < -0.4 is 15.8 Å². The highest BCUT2D eigenvalue weighted by Gasteiger charge is 2.69. The number of nitrogen functional groups attached to an aromatic ring is 1. The number of nitrogens with two attached hydrogens (primary N) is 1. The topological polar surface area (TPSA) is 182 Å². The van der Waals surface area contributed by atoms with Crippen LogP contribution in [0.1, 0.15) is 26.5 Å². The molecule has 0 bridgehead atoms. The number of rotatable bonds is 10. The summed E-state index contributed by atoms with van der Waals surface area (Å²) in [7, 11) is -4.11. The van der Waals surface area contributed by atoms with Crippen molar-refractivity contribution in [2.75, 3.05) is 18.5 Å². The number of Topliss-reactive ketones (excluding diaryl/α,β-unsaturated/α-hetero) is 1. The molecular formula is C25H28ClFN5O7P. The molecule has 2 aromatic heterocycles. The second-order valence-electron chi connectivity index (χ2n) is 9.82. The van der Waals surface area contributed by atoms with E-state index in [1.165, 1.54) is 24.3 Å². The molecular weight excluding hydrogens is 568 g/mol. The number of aromatic nitrogens is 3. The highest BCUT2D eigenvalue weighted by molar-refractivity contribution is 7.54. The second-order valence-corrected chi connectivity index (χ2v) is 12.4. The minimum Gasteiger partial charge on any atom is -0.424 e. The predicted molar refractivity (Wildman–Crippen MR) is 143 cm³/mol. The number of ether oxygens (including phenoxy) is 1. The van der Waals surface area contributed by atoms with Gasteiger partial charge < -0.3 is 20.1 Å². The SMILES string of the molecule is CC(C)C(=O)[C@H](C)CP(=O)(OC[C@H]1O[C@@](C#N)(c2ccc3c(=O)[nH]c(N)nn23)[C@@](F)(Cl)C1O)Oc1ccccc1. The van der Waals surface area contributed by atoms with Crippen molar-refractivity contribution in [1.29, 1.82) is 5.26 Å². The van der Waals surface area contributed by atoms with Gasteiger partial charge in [0.05, 0.1) is 18.5 Å². The van der Waals surface area contributed by atoms with Gasteiger partial charge in [-0.3, -0.25) is 19.1 Å². The number of fused-ring (bicyclic) bond motifs is 1. The Hall–Kier alpha value is -3.27. The smallest absolute Gasteiger partial charge is 0.379 e. The molecule has 3 aromatic rings. The number of aliphatic hydroxyl groups is 1. The molecule has 12 nitrogen and oxygen atoms in total. The summed E-state index contributed by atoms with van der Waals surface area (Å²) in [6, 6.07) is 12.2. The maximum atomic E-state index is 16.0. The number of hydrogen-bond acceptors (Lipinski definition) is 10. The first-order chi connectivity index (χ1) is 18.7. The fourth-order valence-electron chi connectivity index (χ4n) is 4.55. The number of benzene rings is 1. The number of para-hydroxylation sites is 1. The van der Waals surface area contributed by atoms with Crippen LogP contribution in [0.15, 0.2) is 47.3 Å². The molecule has 1 fully saturated rings. The van der Waals surface area contributed by atoms with Gasteiger partial charge in [-0.05, 0) is 24.3 Å². The Labute approximate surface area is 233 Å². The predicted octanol–water partition coefficient (Wildman–Crippen LogP) is 3.14. The molecule has 1 aliphatic heterocycles. The summed E-state index contributed by atoms with van der Waals surface area (Å²) >= 11 is 6.12. The van der Waals surface area contributed by atoms with Gasteiger partial charge in [0.1, 0.15) is 35.3 Å². The van der Waals surface area contributed by atoms with Crippen LogP contribution in [0.25, 0.3) is 5.52 Å². The summed E-state index contributed by atoms with van der Waals surface area (Å²) < 4.78 is 47.8. The van der Waals surface area contributed by atoms with Crippen molar-refractivity contribution >= 4 is 36.4 Å². The third-order valence-corrected chi connectivity index (χ3v) is 9.07. The average molecular weight is 596 g/mol. The molecule has 1 aromatic carbocycles.